The molecular weight excluding hydrogens is 663 g/mol. The highest BCUT2D eigenvalue weighted by molar-refractivity contribution is 9.10. The molecule has 4 rings (SSSR count). The van der Waals surface area contributed by atoms with Gasteiger partial charge in [0.15, 0.2) is 0 Å². The van der Waals surface area contributed by atoms with E-state index in [1.807, 2.05) is 30.3 Å². The van der Waals surface area contributed by atoms with Gasteiger partial charge >= 0.3 is 5.97 Å². The molecule has 0 heterocycles. The number of benzene rings is 3. The average molecular weight is 705 g/mol. The van der Waals surface area contributed by atoms with Crippen molar-refractivity contribution >= 4 is 68.1 Å². The maximum Gasteiger partial charge on any atom is 0.310 e. The number of para-hydroxylation sites is 2. The van der Waals surface area contributed by atoms with Crippen molar-refractivity contribution in [2.75, 3.05) is 30.7 Å². The van der Waals surface area contributed by atoms with E-state index in [0.29, 0.717) is 52.3 Å². The second-order valence-electron chi connectivity index (χ2n) is 11.1. The van der Waals surface area contributed by atoms with Gasteiger partial charge < -0.3 is 26.4 Å². The number of nitrogen functional groups attached to an aromatic ring is 1. The van der Waals surface area contributed by atoms with Crippen molar-refractivity contribution in [3.63, 3.8) is 0 Å². The number of unbranched alkanes of at least 4 members (excludes halogenated alkanes) is 1. The second-order valence-corrected chi connectivity index (χ2v) is 12.8. The first-order chi connectivity index (χ1) is 21.3. The van der Waals surface area contributed by atoms with Gasteiger partial charge in [-0.2, -0.15) is 0 Å². The van der Waals surface area contributed by atoms with Crippen LogP contribution in [0, 0.1) is 5.92 Å². The van der Waals surface area contributed by atoms with Crippen LogP contribution in [-0.2, 0) is 16.0 Å². The third-order valence-corrected chi connectivity index (χ3v) is 9.28. The van der Waals surface area contributed by atoms with Crippen LogP contribution in [0.1, 0.15) is 79.4 Å². The zero-order valence-electron chi connectivity index (χ0n) is 25.1. The largest absolute Gasteiger partial charge is 0.465 e. The number of rotatable bonds is 14. The van der Waals surface area contributed by atoms with E-state index in [0.717, 1.165) is 40.7 Å². The van der Waals surface area contributed by atoms with Gasteiger partial charge in [-0.15, -0.1) is 0 Å². The Balaban J connectivity index is 1.24. The van der Waals surface area contributed by atoms with Gasteiger partial charge in [-0.1, -0.05) is 73.7 Å². The maximum absolute atomic E-state index is 13.1. The second kappa shape index (κ2) is 17.1. The Morgan fingerprint density at radius 3 is 2.48 bits per heavy atom. The molecule has 0 saturated heterocycles. The van der Waals surface area contributed by atoms with Crippen LogP contribution >= 0.6 is 39.1 Å². The molecule has 3 aromatic rings. The summed E-state index contributed by atoms with van der Waals surface area (Å²) in [5.41, 5.74) is 10.8. The molecule has 44 heavy (non-hydrogen) atoms. The Morgan fingerprint density at radius 1 is 1.02 bits per heavy atom. The van der Waals surface area contributed by atoms with Crippen molar-refractivity contribution in [3.8, 4) is 0 Å². The summed E-state index contributed by atoms with van der Waals surface area (Å²) in [7, 11) is 0. The molecular formula is C34H41BrCl2N4O3. The minimum Gasteiger partial charge on any atom is -0.465 e. The Bertz CT molecular complexity index is 1410. The van der Waals surface area contributed by atoms with E-state index in [2.05, 4.69) is 38.8 Å². The highest BCUT2D eigenvalue weighted by Gasteiger charge is 2.27. The maximum atomic E-state index is 13.1. The number of hydrogen-bond donors (Lipinski definition) is 4. The van der Waals surface area contributed by atoms with Crippen molar-refractivity contribution in [1.29, 1.82) is 0 Å². The van der Waals surface area contributed by atoms with Gasteiger partial charge in [0.25, 0.3) is 5.91 Å². The number of nitrogens with one attached hydrogen (secondary N) is 3. The third kappa shape index (κ3) is 9.36. The minimum absolute atomic E-state index is 0.102. The van der Waals surface area contributed by atoms with Crippen molar-refractivity contribution < 1.29 is 14.3 Å². The summed E-state index contributed by atoms with van der Waals surface area (Å²) < 4.78 is 6.22. The lowest BCUT2D eigenvalue weighted by atomic mass is 9.80. The molecule has 1 aliphatic rings. The summed E-state index contributed by atoms with van der Waals surface area (Å²) in [6.07, 6.45) is 7.47. The number of ether oxygens (including phenoxy) is 1. The summed E-state index contributed by atoms with van der Waals surface area (Å²) in [5.74, 6) is 0.0242. The van der Waals surface area contributed by atoms with Gasteiger partial charge in [-0.25, -0.2) is 0 Å². The number of carbonyl (C=O) groups excluding carboxylic acids is 2. The number of amides is 1. The molecule has 0 aromatic heterocycles. The fourth-order valence-electron chi connectivity index (χ4n) is 5.72. The van der Waals surface area contributed by atoms with Crippen LogP contribution in [0.5, 0.6) is 0 Å². The Hall–Kier alpha value is -2.78. The molecule has 0 bridgehead atoms. The zero-order chi connectivity index (χ0) is 31.5. The molecule has 1 fully saturated rings. The molecule has 1 unspecified atom stereocenters. The van der Waals surface area contributed by atoms with E-state index < -0.39 is 0 Å². The van der Waals surface area contributed by atoms with Crippen LogP contribution in [0.3, 0.4) is 0 Å². The van der Waals surface area contributed by atoms with Crippen molar-refractivity contribution in [3.05, 3.63) is 85.8 Å². The number of hydrogen-bond acceptors (Lipinski definition) is 6. The standard InChI is InChI=1S/C34H41BrCl2N4O3/c1-2-39-32(22-11-4-3-5-12-22)25-19-24(20-26(35)31(25)38)34(43)40-17-8-9-18-44-30(42)21-23-13-6-7-16-29(23)41-33-27(36)14-10-15-28(33)37/h6-7,10,13-16,19-20,22,32,39,41H,2-5,8-9,11-12,17-18,21,38H2,1H3,(H,40,43). The highest BCUT2D eigenvalue weighted by atomic mass is 79.9. The van der Waals surface area contributed by atoms with Crippen LogP contribution in [0.4, 0.5) is 17.1 Å². The summed E-state index contributed by atoms with van der Waals surface area (Å²) in [4.78, 5) is 25.7. The monoisotopic (exact) mass is 702 g/mol. The predicted molar refractivity (Wildman–Crippen MR) is 184 cm³/mol. The molecule has 0 aliphatic heterocycles. The molecule has 7 nitrogen and oxygen atoms in total. The molecule has 1 aliphatic carbocycles. The quantitative estimate of drug-likeness (QED) is 0.0762. The van der Waals surface area contributed by atoms with Gasteiger partial charge in [0.2, 0.25) is 0 Å². The lowest BCUT2D eigenvalue weighted by Gasteiger charge is -2.32. The lowest BCUT2D eigenvalue weighted by Crippen LogP contribution is -2.31. The molecule has 3 aromatic carbocycles. The van der Waals surface area contributed by atoms with E-state index in [1.54, 1.807) is 24.3 Å². The number of esters is 1. The van der Waals surface area contributed by atoms with Crippen molar-refractivity contribution in [1.82, 2.24) is 10.6 Å². The zero-order valence-corrected chi connectivity index (χ0v) is 28.2. The van der Waals surface area contributed by atoms with Crippen molar-refractivity contribution in [2.45, 2.75) is 64.3 Å². The van der Waals surface area contributed by atoms with E-state index in [4.69, 9.17) is 33.7 Å². The fraction of sp³-hybridized carbons (Fsp3) is 0.412. The van der Waals surface area contributed by atoms with Crippen LogP contribution in [0.2, 0.25) is 10.0 Å². The Morgan fingerprint density at radius 2 is 1.75 bits per heavy atom. The number of halogens is 3. The van der Waals surface area contributed by atoms with Gasteiger partial charge in [0, 0.05) is 28.3 Å². The summed E-state index contributed by atoms with van der Waals surface area (Å²) >= 11 is 16.2. The SMILES string of the molecule is CCNC(c1cc(C(=O)NCCCCOC(=O)Cc2ccccc2Nc2c(Cl)cccc2Cl)cc(Br)c1N)C1CCCCC1. The normalized spacial score (nSPS) is 14.2. The first-order valence-electron chi connectivity index (χ1n) is 15.3. The number of anilines is 3. The highest BCUT2D eigenvalue weighted by Crippen LogP contribution is 2.39. The predicted octanol–water partition coefficient (Wildman–Crippen LogP) is 8.61. The number of nitrogens with two attached hydrogens (primary N) is 1. The van der Waals surface area contributed by atoms with Crippen molar-refractivity contribution in [2.24, 2.45) is 5.92 Å². The first kappa shape index (κ1) is 34.1. The minimum atomic E-state index is -0.332. The molecule has 10 heteroatoms. The Kier molecular flexibility index (Phi) is 13.2. The van der Waals surface area contributed by atoms with Crippen LogP contribution in [0.15, 0.2) is 59.1 Å². The van der Waals surface area contributed by atoms with E-state index in [-0.39, 0.29) is 30.9 Å². The fourth-order valence-corrected chi connectivity index (χ4v) is 6.68. The molecule has 0 spiro atoms. The van der Waals surface area contributed by atoms with Gasteiger partial charge in [-0.05, 0) is 95.5 Å². The molecule has 1 saturated carbocycles. The third-order valence-electron chi connectivity index (χ3n) is 8.00. The van der Waals surface area contributed by atoms with Gasteiger partial charge in [-0.3, -0.25) is 9.59 Å². The Labute approximate surface area is 278 Å². The summed E-state index contributed by atoms with van der Waals surface area (Å²) in [5, 5.41) is 10.8. The summed E-state index contributed by atoms with van der Waals surface area (Å²) in [6, 6.07) is 16.6. The first-order valence-corrected chi connectivity index (χ1v) is 16.9. The van der Waals surface area contributed by atoms with Gasteiger partial charge in [0.1, 0.15) is 0 Å². The summed E-state index contributed by atoms with van der Waals surface area (Å²) in [6.45, 7) is 3.67. The van der Waals surface area contributed by atoms with E-state index in [1.165, 1.54) is 19.3 Å². The molecule has 5 N–H and O–H groups in total. The van der Waals surface area contributed by atoms with Gasteiger partial charge in [0.05, 0.1) is 34.4 Å². The van der Waals surface area contributed by atoms with Crippen LogP contribution in [0.25, 0.3) is 0 Å². The molecule has 1 atom stereocenters. The smallest absolute Gasteiger partial charge is 0.310 e. The lowest BCUT2D eigenvalue weighted by molar-refractivity contribution is -0.142. The molecule has 0 radical (unpaired) electrons. The van der Waals surface area contributed by atoms with Crippen LogP contribution in [-0.4, -0.2) is 31.6 Å². The molecule has 236 valence electrons. The van der Waals surface area contributed by atoms with E-state index >= 15 is 0 Å². The van der Waals surface area contributed by atoms with Crippen LogP contribution < -0.4 is 21.7 Å². The average Bonchev–Trinajstić information content (AvgIpc) is 3.02. The number of carbonyl (C=O) groups is 2. The topological polar surface area (TPSA) is 105 Å². The molecule has 1 amide bonds. The van der Waals surface area contributed by atoms with E-state index in [9.17, 15) is 9.59 Å².